The molecule has 4 heterocycles. The summed E-state index contributed by atoms with van der Waals surface area (Å²) in [6, 6.07) is 4.27. The molecule has 3 saturated heterocycles. The van der Waals surface area contributed by atoms with Gasteiger partial charge in [0.1, 0.15) is 0 Å². The summed E-state index contributed by atoms with van der Waals surface area (Å²) < 4.78 is 10.9. The maximum Gasteiger partial charge on any atom is 0.212 e. The average molecular weight is 370 g/mol. The van der Waals surface area contributed by atoms with Crippen molar-refractivity contribution in [3.05, 3.63) is 17.2 Å². The van der Waals surface area contributed by atoms with Gasteiger partial charge in [-0.2, -0.15) is 0 Å². The lowest BCUT2D eigenvalue weighted by atomic mass is 9.77. The molecule has 4 aliphatic rings. The maximum atomic E-state index is 6.17. The van der Waals surface area contributed by atoms with E-state index in [1.54, 1.807) is 7.11 Å². The number of fused-ring (bicyclic) bond motifs is 3. The number of hydrogen-bond donors (Lipinski definition) is 1. The Kier molecular flexibility index (Phi) is 3.86. The third kappa shape index (κ3) is 2.14. The molecule has 1 aromatic heterocycles. The highest BCUT2D eigenvalue weighted by Gasteiger charge is 2.60. The minimum absolute atomic E-state index is 0. The molecule has 1 N–H and O–H groups in total. The van der Waals surface area contributed by atoms with E-state index in [2.05, 4.69) is 15.4 Å². The molecule has 1 aromatic carbocycles. The van der Waals surface area contributed by atoms with Crippen molar-refractivity contribution in [3.63, 3.8) is 0 Å². The zero-order valence-electron chi connectivity index (χ0n) is 13.5. The molecule has 0 unspecified atom stereocenters. The number of halogens is 2. The Morgan fingerprint density at radius 1 is 1.33 bits per heavy atom. The first-order valence-electron chi connectivity index (χ1n) is 8.36. The van der Waals surface area contributed by atoms with Crippen LogP contribution in [0.4, 0.5) is 5.82 Å². The molecule has 3 aliphatic heterocycles. The predicted molar refractivity (Wildman–Crippen MR) is 96.5 cm³/mol. The summed E-state index contributed by atoms with van der Waals surface area (Å²) in [6.45, 7) is 2.51. The summed E-state index contributed by atoms with van der Waals surface area (Å²) in [4.78, 5) is 2.68. The standard InChI is InChI=1S/C17H20ClN3O2.ClH/c1-22-14-12(18)3-2-11-13(14)23-20-16(11)19-15-10-4-8-21(9-5-10)17(15)6-7-17;/h2-3,10,15H,4-9H2,1H3,(H,19,20);1H/t15-;/m1./s1. The number of nitrogens with zero attached hydrogens (tertiary/aromatic N) is 2. The van der Waals surface area contributed by atoms with Gasteiger partial charge in [0.15, 0.2) is 11.6 Å². The predicted octanol–water partition coefficient (Wildman–Crippen LogP) is 3.95. The molecule has 24 heavy (non-hydrogen) atoms. The van der Waals surface area contributed by atoms with E-state index in [9.17, 15) is 0 Å². The van der Waals surface area contributed by atoms with Gasteiger partial charge in [-0.25, -0.2) is 0 Å². The topological polar surface area (TPSA) is 50.5 Å². The highest BCUT2D eigenvalue weighted by molar-refractivity contribution is 6.33. The Balaban J connectivity index is 0.00000146. The van der Waals surface area contributed by atoms with Crippen LogP contribution in [0.5, 0.6) is 5.75 Å². The van der Waals surface area contributed by atoms with Crippen molar-refractivity contribution in [2.45, 2.75) is 37.3 Å². The maximum absolute atomic E-state index is 6.17. The highest BCUT2D eigenvalue weighted by Crippen LogP contribution is 2.54. The fourth-order valence-electron chi connectivity index (χ4n) is 4.72. The van der Waals surface area contributed by atoms with Gasteiger partial charge in [-0.3, -0.25) is 4.90 Å². The van der Waals surface area contributed by atoms with E-state index < -0.39 is 0 Å². The molecule has 2 bridgehead atoms. The summed E-state index contributed by atoms with van der Waals surface area (Å²) in [5, 5.41) is 9.48. The van der Waals surface area contributed by atoms with E-state index in [1.165, 1.54) is 38.8 Å². The second-order valence-corrected chi connectivity index (χ2v) is 7.45. The van der Waals surface area contributed by atoms with Gasteiger partial charge < -0.3 is 14.6 Å². The number of aromatic nitrogens is 1. The molecular weight excluding hydrogens is 349 g/mol. The summed E-state index contributed by atoms with van der Waals surface area (Å²) in [6.07, 6.45) is 5.16. The molecule has 1 spiro atoms. The lowest BCUT2D eigenvalue weighted by molar-refractivity contribution is 0.0202. The van der Waals surface area contributed by atoms with Crippen molar-refractivity contribution < 1.29 is 9.26 Å². The van der Waals surface area contributed by atoms with Gasteiger partial charge in [-0.05, 0) is 56.8 Å². The molecule has 1 atom stereocenters. The number of ether oxygens (including phenoxy) is 1. The molecule has 130 valence electrons. The summed E-state index contributed by atoms with van der Waals surface area (Å²) >= 11 is 6.17. The smallest absolute Gasteiger partial charge is 0.212 e. The van der Waals surface area contributed by atoms with Crippen molar-refractivity contribution >= 4 is 40.8 Å². The van der Waals surface area contributed by atoms with Gasteiger partial charge >= 0.3 is 0 Å². The molecule has 1 aliphatic carbocycles. The van der Waals surface area contributed by atoms with E-state index in [-0.39, 0.29) is 12.4 Å². The van der Waals surface area contributed by atoms with Gasteiger partial charge in [-0.1, -0.05) is 16.8 Å². The number of benzene rings is 1. The summed E-state index contributed by atoms with van der Waals surface area (Å²) in [7, 11) is 1.60. The molecule has 0 amide bonds. The van der Waals surface area contributed by atoms with Crippen molar-refractivity contribution in [1.82, 2.24) is 10.1 Å². The molecule has 7 heteroatoms. The van der Waals surface area contributed by atoms with Crippen molar-refractivity contribution in [3.8, 4) is 5.75 Å². The number of piperidine rings is 3. The normalized spacial score (nSPS) is 29.5. The Labute approximate surface area is 152 Å². The van der Waals surface area contributed by atoms with E-state index in [0.29, 0.717) is 27.9 Å². The van der Waals surface area contributed by atoms with Crippen LogP contribution in [0.15, 0.2) is 16.7 Å². The molecule has 2 aromatic rings. The van der Waals surface area contributed by atoms with Gasteiger partial charge in [0.05, 0.1) is 17.5 Å². The van der Waals surface area contributed by atoms with Gasteiger partial charge in [0.25, 0.3) is 0 Å². The van der Waals surface area contributed by atoms with Crippen LogP contribution in [0, 0.1) is 5.92 Å². The second kappa shape index (κ2) is 5.68. The van der Waals surface area contributed by atoms with Crippen LogP contribution in [0.3, 0.4) is 0 Å². The quantitative estimate of drug-likeness (QED) is 0.887. The largest absolute Gasteiger partial charge is 0.491 e. The van der Waals surface area contributed by atoms with Crippen molar-refractivity contribution in [2.75, 3.05) is 25.5 Å². The van der Waals surface area contributed by atoms with Gasteiger partial charge in [-0.15, -0.1) is 12.4 Å². The van der Waals surface area contributed by atoms with Crippen LogP contribution in [-0.4, -0.2) is 41.8 Å². The number of rotatable bonds is 3. The average Bonchev–Trinajstić information content (AvgIpc) is 3.25. The molecule has 6 rings (SSSR count). The Morgan fingerprint density at radius 2 is 2.08 bits per heavy atom. The minimum Gasteiger partial charge on any atom is -0.491 e. The van der Waals surface area contributed by atoms with Crippen LogP contribution in [0.25, 0.3) is 11.0 Å². The number of hydrogen-bond acceptors (Lipinski definition) is 5. The van der Waals surface area contributed by atoms with Crippen LogP contribution in [-0.2, 0) is 0 Å². The van der Waals surface area contributed by atoms with Gasteiger partial charge in [0.2, 0.25) is 5.58 Å². The third-order valence-electron chi connectivity index (χ3n) is 6.03. The fourth-order valence-corrected chi connectivity index (χ4v) is 4.94. The molecule has 5 nitrogen and oxygen atoms in total. The first kappa shape index (κ1) is 16.3. The van der Waals surface area contributed by atoms with Crippen LogP contribution in [0.2, 0.25) is 5.02 Å². The zero-order valence-corrected chi connectivity index (χ0v) is 15.1. The zero-order chi connectivity index (χ0) is 15.6. The SMILES string of the molecule is COc1c(Cl)ccc2c(N[C@@H]3C4CCN(CC4)C34CC4)noc12.Cl. The van der Waals surface area contributed by atoms with Crippen molar-refractivity contribution in [2.24, 2.45) is 5.92 Å². The molecule has 1 saturated carbocycles. The number of methoxy groups -OCH3 is 1. The molecule has 0 radical (unpaired) electrons. The number of anilines is 1. The summed E-state index contributed by atoms with van der Waals surface area (Å²) in [5.41, 5.74) is 0.983. The second-order valence-electron chi connectivity index (χ2n) is 7.04. The first-order chi connectivity index (χ1) is 11.2. The Hall–Kier alpha value is -1.17. The highest BCUT2D eigenvalue weighted by atomic mass is 35.5. The Morgan fingerprint density at radius 3 is 2.75 bits per heavy atom. The minimum atomic E-state index is 0. The van der Waals surface area contributed by atoms with Crippen LogP contribution >= 0.6 is 24.0 Å². The fraction of sp³-hybridized carbons (Fsp3) is 0.588. The van der Waals surface area contributed by atoms with Gasteiger partial charge in [0, 0.05) is 11.6 Å². The van der Waals surface area contributed by atoms with E-state index in [4.69, 9.17) is 20.9 Å². The third-order valence-corrected chi connectivity index (χ3v) is 6.32. The van der Waals surface area contributed by atoms with E-state index in [1.807, 2.05) is 12.1 Å². The molecular formula is C17H21Cl2N3O2. The first-order valence-corrected chi connectivity index (χ1v) is 8.74. The van der Waals surface area contributed by atoms with Crippen LogP contribution < -0.4 is 10.1 Å². The Bertz CT molecular complexity index is 767. The van der Waals surface area contributed by atoms with Crippen LogP contribution in [0.1, 0.15) is 25.7 Å². The lowest BCUT2D eigenvalue weighted by Gasteiger charge is -2.52. The molecule has 4 fully saturated rings. The monoisotopic (exact) mass is 369 g/mol. The lowest BCUT2D eigenvalue weighted by Crippen LogP contribution is -2.62. The van der Waals surface area contributed by atoms with Crippen molar-refractivity contribution in [1.29, 1.82) is 0 Å². The number of nitrogens with one attached hydrogen (secondary N) is 1. The van der Waals surface area contributed by atoms with E-state index in [0.717, 1.165) is 17.1 Å². The summed E-state index contributed by atoms with van der Waals surface area (Å²) in [5.74, 6) is 2.11. The van der Waals surface area contributed by atoms with E-state index >= 15 is 0 Å².